The molecule has 1 aromatic heterocycles. The van der Waals surface area contributed by atoms with E-state index in [-0.39, 0.29) is 26.2 Å². The fraction of sp³-hybridized carbons (Fsp3) is 0.154. The first-order valence-corrected chi connectivity index (χ1v) is 6.64. The van der Waals surface area contributed by atoms with E-state index < -0.39 is 17.6 Å². The largest absolute Gasteiger partial charge is 0.494 e. The monoisotopic (exact) mass is 355 g/mol. The first-order chi connectivity index (χ1) is 9.75. The summed E-state index contributed by atoms with van der Waals surface area (Å²) in [5.41, 5.74) is -0.858. The molecule has 0 aliphatic heterocycles. The van der Waals surface area contributed by atoms with Crippen molar-refractivity contribution in [2.45, 2.75) is 6.18 Å². The summed E-state index contributed by atoms with van der Waals surface area (Å²) in [7, 11) is 1.12. The van der Waals surface area contributed by atoms with Crippen LogP contribution in [0.15, 0.2) is 24.4 Å². The molecule has 0 N–H and O–H groups in total. The van der Waals surface area contributed by atoms with Crippen LogP contribution in [-0.2, 0) is 6.18 Å². The van der Waals surface area contributed by atoms with Crippen molar-refractivity contribution in [1.82, 2.24) is 4.98 Å². The summed E-state index contributed by atoms with van der Waals surface area (Å²) in [6, 6.07) is 4.12. The second-order valence-corrected chi connectivity index (χ2v) is 5.23. The Morgan fingerprint density at radius 1 is 1.10 bits per heavy atom. The molecule has 112 valence electrons. The molecule has 2 nitrogen and oxygen atoms in total. The maximum atomic E-state index is 13.0. The average molecular weight is 357 g/mol. The van der Waals surface area contributed by atoms with E-state index in [0.29, 0.717) is 0 Å². The highest BCUT2D eigenvalue weighted by Gasteiger charge is 2.37. The van der Waals surface area contributed by atoms with E-state index in [9.17, 15) is 13.2 Å². The van der Waals surface area contributed by atoms with E-state index in [4.69, 9.17) is 39.5 Å². The first-order valence-electron chi connectivity index (χ1n) is 5.50. The number of benzene rings is 1. The molecule has 0 radical (unpaired) electrons. The van der Waals surface area contributed by atoms with Crippen molar-refractivity contribution < 1.29 is 17.9 Å². The van der Waals surface area contributed by atoms with E-state index in [1.54, 1.807) is 0 Å². The van der Waals surface area contributed by atoms with Gasteiger partial charge in [-0.2, -0.15) is 13.2 Å². The number of hydrogen-bond acceptors (Lipinski definition) is 2. The van der Waals surface area contributed by atoms with Gasteiger partial charge in [0.2, 0.25) is 0 Å². The van der Waals surface area contributed by atoms with Gasteiger partial charge in [-0.1, -0.05) is 34.8 Å². The van der Waals surface area contributed by atoms with Gasteiger partial charge in [-0.3, -0.25) is 0 Å². The Labute approximate surface area is 133 Å². The molecule has 0 fully saturated rings. The third-order valence-corrected chi connectivity index (χ3v) is 3.47. The van der Waals surface area contributed by atoms with Crippen molar-refractivity contribution in [3.05, 3.63) is 45.2 Å². The molecule has 0 amide bonds. The van der Waals surface area contributed by atoms with Crippen LogP contribution in [0.25, 0.3) is 11.1 Å². The van der Waals surface area contributed by atoms with E-state index in [0.717, 1.165) is 13.3 Å². The minimum Gasteiger partial charge on any atom is -0.494 e. The normalized spacial score (nSPS) is 11.6. The molecule has 1 aromatic carbocycles. The lowest BCUT2D eigenvalue weighted by atomic mass is 10.0. The van der Waals surface area contributed by atoms with Gasteiger partial charge in [0.1, 0.15) is 0 Å². The Hall–Kier alpha value is -1.17. The van der Waals surface area contributed by atoms with Gasteiger partial charge in [0.05, 0.1) is 17.2 Å². The molecule has 2 rings (SSSR count). The number of aromatic nitrogens is 1. The summed E-state index contributed by atoms with van der Waals surface area (Å²) >= 11 is 17.9. The van der Waals surface area contributed by atoms with Crippen molar-refractivity contribution in [3.8, 4) is 16.9 Å². The minimum absolute atomic E-state index is 0.0893. The Balaban J connectivity index is 2.77. The van der Waals surface area contributed by atoms with Crippen LogP contribution in [0, 0.1) is 0 Å². The zero-order valence-corrected chi connectivity index (χ0v) is 12.7. The number of ether oxygens (including phenoxy) is 1. The summed E-state index contributed by atoms with van der Waals surface area (Å²) in [6.07, 6.45) is -3.64. The smallest absolute Gasteiger partial charge is 0.437 e. The molecular weight excluding hydrogens is 350 g/mol. The number of hydrogen-bond donors (Lipinski definition) is 0. The maximum Gasteiger partial charge on any atom is 0.437 e. The van der Waals surface area contributed by atoms with Crippen LogP contribution in [-0.4, -0.2) is 12.1 Å². The summed E-state index contributed by atoms with van der Waals surface area (Å²) in [5.74, 6) is -0.448. The quantitative estimate of drug-likeness (QED) is 0.685. The highest BCUT2D eigenvalue weighted by Crippen LogP contribution is 2.45. The van der Waals surface area contributed by atoms with Gasteiger partial charge in [0, 0.05) is 22.3 Å². The Morgan fingerprint density at radius 3 is 2.14 bits per heavy atom. The van der Waals surface area contributed by atoms with Crippen molar-refractivity contribution in [2.24, 2.45) is 0 Å². The molecular formula is C13H7Cl3F3NO. The standard InChI is InChI=1S/C13H7Cl3F3NO/c1-21-11-7(2-3-20-12(11)13(17,18)19)10-8(15)4-6(14)5-9(10)16/h2-5H,1H3. The van der Waals surface area contributed by atoms with Crippen LogP contribution >= 0.6 is 34.8 Å². The molecule has 0 saturated carbocycles. The lowest BCUT2D eigenvalue weighted by molar-refractivity contribution is -0.142. The van der Waals surface area contributed by atoms with Crippen molar-refractivity contribution in [3.63, 3.8) is 0 Å². The number of pyridine rings is 1. The molecule has 1 heterocycles. The maximum absolute atomic E-state index is 13.0. The topological polar surface area (TPSA) is 22.1 Å². The number of halogens is 6. The highest BCUT2D eigenvalue weighted by atomic mass is 35.5. The Morgan fingerprint density at radius 2 is 1.67 bits per heavy atom. The lowest BCUT2D eigenvalue weighted by Crippen LogP contribution is -2.11. The highest BCUT2D eigenvalue weighted by molar-refractivity contribution is 6.41. The van der Waals surface area contributed by atoms with Crippen molar-refractivity contribution in [2.75, 3.05) is 7.11 Å². The van der Waals surface area contributed by atoms with Gasteiger partial charge in [-0.15, -0.1) is 0 Å². The SMILES string of the molecule is COc1c(-c2c(Cl)cc(Cl)cc2Cl)ccnc1C(F)(F)F. The van der Waals surface area contributed by atoms with Crippen LogP contribution < -0.4 is 4.74 Å². The van der Waals surface area contributed by atoms with Gasteiger partial charge < -0.3 is 4.74 Å². The summed E-state index contributed by atoms with van der Waals surface area (Å²) in [4.78, 5) is 3.32. The van der Waals surface area contributed by atoms with E-state index in [1.165, 1.54) is 18.2 Å². The second kappa shape index (κ2) is 5.91. The molecule has 0 atom stereocenters. The fourth-order valence-corrected chi connectivity index (χ4v) is 2.87. The second-order valence-electron chi connectivity index (χ2n) is 3.98. The molecule has 21 heavy (non-hydrogen) atoms. The number of alkyl halides is 3. The summed E-state index contributed by atoms with van der Waals surface area (Å²) in [5, 5.41) is 0.507. The van der Waals surface area contributed by atoms with Crippen LogP contribution in [0.1, 0.15) is 5.69 Å². The third kappa shape index (κ3) is 3.20. The minimum atomic E-state index is -4.66. The van der Waals surface area contributed by atoms with E-state index >= 15 is 0 Å². The molecule has 0 saturated heterocycles. The van der Waals surface area contributed by atoms with Crippen LogP contribution in [0.4, 0.5) is 13.2 Å². The van der Waals surface area contributed by atoms with Gasteiger partial charge in [-0.25, -0.2) is 4.98 Å². The van der Waals surface area contributed by atoms with E-state index in [1.807, 2.05) is 0 Å². The molecule has 2 aromatic rings. The molecule has 0 aliphatic carbocycles. The Kier molecular flexibility index (Phi) is 4.56. The van der Waals surface area contributed by atoms with Crippen LogP contribution in [0.5, 0.6) is 5.75 Å². The third-order valence-electron chi connectivity index (χ3n) is 2.65. The number of nitrogens with zero attached hydrogens (tertiary/aromatic N) is 1. The van der Waals surface area contributed by atoms with Crippen molar-refractivity contribution >= 4 is 34.8 Å². The lowest BCUT2D eigenvalue weighted by Gasteiger charge is -2.16. The zero-order valence-electron chi connectivity index (χ0n) is 10.4. The van der Waals surface area contributed by atoms with Gasteiger partial charge in [0.25, 0.3) is 0 Å². The Bertz CT molecular complexity index is 666. The van der Waals surface area contributed by atoms with Gasteiger partial charge >= 0.3 is 6.18 Å². The summed E-state index contributed by atoms with van der Waals surface area (Å²) < 4.78 is 43.8. The fourth-order valence-electron chi connectivity index (χ4n) is 1.85. The molecule has 8 heteroatoms. The van der Waals surface area contributed by atoms with E-state index in [2.05, 4.69) is 4.98 Å². The molecule has 0 spiro atoms. The number of methoxy groups -OCH3 is 1. The zero-order chi connectivity index (χ0) is 15.8. The summed E-state index contributed by atoms with van der Waals surface area (Å²) in [6.45, 7) is 0. The predicted molar refractivity (Wildman–Crippen MR) is 76.3 cm³/mol. The predicted octanol–water partition coefficient (Wildman–Crippen LogP) is 5.74. The average Bonchev–Trinajstić information content (AvgIpc) is 2.36. The molecule has 0 aliphatic rings. The van der Waals surface area contributed by atoms with Crippen LogP contribution in [0.2, 0.25) is 15.1 Å². The number of rotatable bonds is 2. The first kappa shape index (κ1) is 16.2. The van der Waals surface area contributed by atoms with Gasteiger partial charge in [-0.05, 0) is 18.2 Å². The molecule has 0 bridgehead atoms. The van der Waals surface area contributed by atoms with Gasteiger partial charge in [0.15, 0.2) is 11.4 Å². The van der Waals surface area contributed by atoms with Crippen LogP contribution in [0.3, 0.4) is 0 Å². The van der Waals surface area contributed by atoms with Crippen molar-refractivity contribution in [1.29, 1.82) is 0 Å². The molecule has 0 unspecified atom stereocenters.